The van der Waals surface area contributed by atoms with Crippen LogP contribution in [-0.4, -0.2) is 29.8 Å². The third kappa shape index (κ3) is 4.92. The van der Waals surface area contributed by atoms with Crippen molar-refractivity contribution in [3.63, 3.8) is 0 Å². The lowest BCUT2D eigenvalue weighted by molar-refractivity contribution is -0.140. The van der Waals surface area contributed by atoms with E-state index in [1.165, 1.54) is 0 Å². The van der Waals surface area contributed by atoms with Crippen LogP contribution in [0.3, 0.4) is 0 Å². The molecule has 0 aliphatic carbocycles. The average molecular weight is 338 g/mol. The Morgan fingerprint density at radius 1 is 1.04 bits per heavy atom. The maximum atomic E-state index is 12.6. The molecule has 0 saturated heterocycles. The Hall–Kier alpha value is -2.62. The number of aryl methyl sites for hydroxylation is 1. The zero-order valence-electron chi connectivity index (χ0n) is 15.2. The molecule has 2 amide bonds. The first-order valence-corrected chi connectivity index (χ1v) is 8.66. The number of amides is 2. The Morgan fingerprint density at radius 3 is 2.28 bits per heavy atom. The molecule has 0 saturated carbocycles. The third-order valence-corrected chi connectivity index (χ3v) is 4.42. The summed E-state index contributed by atoms with van der Waals surface area (Å²) < 4.78 is 0. The molecule has 2 aromatic rings. The quantitative estimate of drug-likeness (QED) is 0.843. The lowest BCUT2D eigenvalue weighted by Crippen LogP contribution is -2.49. The lowest BCUT2D eigenvalue weighted by atomic mass is 10.0. The van der Waals surface area contributed by atoms with E-state index < -0.39 is 6.04 Å². The highest BCUT2D eigenvalue weighted by atomic mass is 16.2. The van der Waals surface area contributed by atoms with Crippen LogP contribution in [0.2, 0.25) is 0 Å². The van der Waals surface area contributed by atoms with Crippen molar-refractivity contribution >= 4 is 11.8 Å². The maximum absolute atomic E-state index is 12.6. The molecule has 0 aromatic heterocycles. The molecular formula is C21H26N2O2. The molecule has 0 spiro atoms. The van der Waals surface area contributed by atoms with E-state index in [-0.39, 0.29) is 11.8 Å². The summed E-state index contributed by atoms with van der Waals surface area (Å²) in [6.45, 7) is 4.29. The fraction of sp³-hybridized carbons (Fsp3) is 0.333. The van der Waals surface area contributed by atoms with Gasteiger partial charge in [0.05, 0.1) is 0 Å². The minimum Gasteiger partial charge on any atom is -0.357 e. The van der Waals surface area contributed by atoms with Crippen molar-refractivity contribution in [1.29, 1.82) is 0 Å². The normalized spacial score (nSPS) is 11.6. The van der Waals surface area contributed by atoms with E-state index >= 15 is 0 Å². The van der Waals surface area contributed by atoms with Gasteiger partial charge in [0.25, 0.3) is 0 Å². The number of carbonyl (C=O) groups excluding carboxylic acids is 2. The Kier molecular flexibility index (Phi) is 6.75. The van der Waals surface area contributed by atoms with Gasteiger partial charge in [-0.25, -0.2) is 0 Å². The average Bonchev–Trinajstić information content (AvgIpc) is 2.65. The van der Waals surface area contributed by atoms with E-state index in [4.69, 9.17) is 0 Å². The highest BCUT2D eigenvalue weighted by Gasteiger charge is 2.29. The number of nitrogens with one attached hydrogen (secondary N) is 1. The number of carbonyl (C=O) groups is 2. The minimum atomic E-state index is -0.528. The summed E-state index contributed by atoms with van der Waals surface area (Å²) in [4.78, 5) is 26.9. The molecule has 25 heavy (non-hydrogen) atoms. The molecule has 132 valence electrons. The van der Waals surface area contributed by atoms with Crippen LogP contribution >= 0.6 is 0 Å². The van der Waals surface area contributed by atoms with Crippen molar-refractivity contribution in [3.8, 4) is 0 Å². The van der Waals surface area contributed by atoms with Gasteiger partial charge in [0.2, 0.25) is 11.8 Å². The predicted molar refractivity (Wildman–Crippen MR) is 100 cm³/mol. The van der Waals surface area contributed by atoms with Gasteiger partial charge in [-0.05, 0) is 23.6 Å². The zero-order chi connectivity index (χ0) is 18.2. The van der Waals surface area contributed by atoms with Crippen molar-refractivity contribution in [3.05, 3.63) is 71.3 Å². The summed E-state index contributed by atoms with van der Waals surface area (Å²) in [5.41, 5.74) is 3.22. The zero-order valence-corrected chi connectivity index (χ0v) is 15.2. The van der Waals surface area contributed by atoms with Gasteiger partial charge in [-0.1, -0.05) is 61.5 Å². The second kappa shape index (κ2) is 9.02. The number of benzene rings is 2. The number of nitrogens with zero attached hydrogens (tertiary/aromatic N) is 1. The van der Waals surface area contributed by atoms with Crippen LogP contribution in [0.1, 0.15) is 30.0 Å². The molecule has 0 aliphatic rings. The molecule has 0 heterocycles. The fourth-order valence-electron chi connectivity index (χ4n) is 2.89. The van der Waals surface area contributed by atoms with Gasteiger partial charge < -0.3 is 10.2 Å². The van der Waals surface area contributed by atoms with Gasteiger partial charge >= 0.3 is 0 Å². The van der Waals surface area contributed by atoms with Crippen molar-refractivity contribution in [2.75, 3.05) is 7.05 Å². The van der Waals surface area contributed by atoms with Crippen molar-refractivity contribution in [2.45, 2.75) is 39.3 Å². The summed E-state index contributed by atoms with van der Waals surface area (Å²) in [6, 6.07) is 17.3. The van der Waals surface area contributed by atoms with Gasteiger partial charge in [0.1, 0.15) is 6.04 Å². The molecule has 4 heteroatoms. The van der Waals surface area contributed by atoms with Gasteiger partial charge in [-0.3, -0.25) is 9.59 Å². The highest BCUT2D eigenvalue weighted by Crippen LogP contribution is 2.17. The number of likely N-dealkylation sites (N-methyl/N-ethyl adjacent to an activating group) is 1. The topological polar surface area (TPSA) is 49.4 Å². The number of hydrogen-bond acceptors (Lipinski definition) is 2. The molecule has 1 unspecified atom stereocenters. The van der Waals surface area contributed by atoms with Crippen LogP contribution in [0.5, 0.6) is 0 Å². The first-order chi connectivity index (χ1) is 12.1. The molecule has 1 atom stereocenters. The van der Waals surface area contributed by atoms with Crippen molar-refractivity contribution in [2.24, 2.45) is 0 Å². The molecule has 0 aliphatic heterocycles. The highest BCUT2D eigenvalue weighted by molar-refractivity contribution is 5.87. The summed E-state index contributed by atoms with van der Waals surface area (Å²) >= 11 is 0. The maximum Gasteiger partial charge on any atom is 0.242 e. The minimum absolute atomic E-state index is 0.0206. The van der Waals surface area contributed by atoms with E-state index in [1.54, 1.807) is 11.9 Å². The SMILES string of the molecule is CCC(=O)N(Cc1ccccc1C)C(Cc1ccccc1)C(=O)NC. The third-order valence-electron chi connectivity index (χ3n) is 4.42. The molecule has 1 N–H and O–H groups in total. The molecule has 0 radical (unpaired) electrons. The van der Waals surface area contributed by atoms with Crippen LogP contribution in [0, 0.1) is 6.92 Å². The summed E-state index contributed by atoms with van der Waals surface area (Å²) in [6.07, 6.45) is 0.867. The van der Waals surface area contributed by atoms with Crippen molar-refractivity contribution in [1.82, 2.24) is 10.2 Å². The van der Waals surface area contributed by atoms with Crippen LogP contribution in [0.25, 0.3) is 0 Å². The molecule has 2 rings (SSSR count). The van der Waals surface area contributed by atoms with Crippen LogP contribution < -0.4 is 5.32 Å². The van der Waals surface area contributed by atoms with Crippen LogP contribution in [-0.2, 0) is 22.6 Å². The Labute approximate surface area is 149 Å². The van der Waals surface area contributed by atoms with Gasteiger partial charge in [0.15, 0.2) is 0 Å². The second-order valence-electron chi connectivity index (χ2n) is 6.12. The fourth-order valence-corrected chi connectivity index (χ4v) is 2.89. The second-order valence-corrected chi connectivity index (χ2v) is 6.12. The molecule has 2 aromatic carbocycles. The van der Waals surface area contributed by atoms with Crippen molar-refractivity contribution < 1.29 is 9.59 Å². The van der Waals surface area contributed by atoms with E-state index in [0.29, 0.717) is 19.4 Å². The largest absolute Gasteiger partial charge is 0.357 e. The molecular weight excluding hydrogens is 312 g/mol. The van der Waals surface area contributed by atoms with E-state index in [2.05, 4.69) is 5.32 Å². The first kappa shape index (κ1) is 18.7. The van der Waals surface area contributed by atoms with Gasteiger partial charge in [-0.2, -0.15) is 0 Å². The standard InChI is InChI=1S/C21H26N2O2/c1-4-20(24)23(15-18-13-9-8-10-16(18)2)19(21(25)22-3)14-17-11-6-5-7-12-17/h5-13,19H,4,14-15H2,1-3H3,(H,22,25). The Bertz CT molecular complexity index is 713. The van der Waals surface area contributed by atoms with E-state index in [1.807, 2.05) is 68.4 Å². The van der Waals surface area contributed by atoms with E-state index in [0.717, 1.165) is 16.7 Å². The van der Waals surface area contributed by atoms with Crippen LogP contribution in [0.4, 0.5) is 0 Å². The monoisotopic (exact) mass is 338 g/mol. The van der Waals surface area contributed by atoms with Gasteiger partial charge in [0, 0.05) is 26.4 Å². The Morgan fingerprint density at radius 2 is 1.68 bits per heavy atom. The first-order valence-electron chi connectivity index (χ1n) is 8.66. The predicted octanol–water partition coefficient (Wildman–Crippen LogP) is 3.09. The number of rotatable bonds is 7. The lowest BCUT2D eigenvalue weighted by Gasteiger charge is -2.31. The summed E-state index contributed by atoms with van der Waals surface area (Å²) in [5.74, 6) is -0.160. The van der Waals surface area contributed by atoms with E-state index in [9.17, 15) is 9.59 Å². The molecule has 4 nitrogen and oxygen atoms in total. The molecule has 0 bridgehead atoms. The smallest absolute Gasteiger partial charge is 0.242 e. The van der Waals surface area contributed by atoms with Crippen LogP contribution in [0.15, 0.2) is 54.6 Å². The summed E-state index contributed by atoms with van der Waals surface area (Å²) in [7, 11) is 1.61. The van der Waals surface area contributed by atoms with Gasteiger partial charge in [-0.15, -0.1) is 0 Å². The Balaban J connectivity index is 2.34. The number of hydrogen-bond donors (Lipinski definition) is 1. The summed E-state index contributed by atoms with van der Waals surface area (Å²) in [5, 5.41) is 2.71. The molecule has 0 fully saturated rings.